The smallest absolute Gasteiger partial charge is 0.124 e. The predicted molar refractivity (Wildman–Crippen MR) is 82.7 cm³/mol. The number of thiophene rings is 1. The molecule has 2 nitrogen and oxygen atoms in total. The Morgan fingerprint density at radius 3 is 3.05 bits per heavy atom. The lowest BCUT2D eigenvalue weighted by molar-refractivity contribution is 0.308. The van der Waals surface area contributed by atoms with E-state index in [9.17, 15) is 0 Å². The Morgan fingerprint density at radius 2 is 2.26 bits per heavy atom. The van der Waals surface area contributed by atoms with Crippen molar-refractivity contribution in [2.45, 2.75) is 31.9 Å². The summed E-state index contributed by atoms with van der Waals surface area (Å²) in [5, 5.41) is 2.06. The lowest BCUT2D eigenvalue weighted by atomic mass is 9.88. The standard InChI is InChI=1S/C15H16BrNOS/c16-13-6-7-19-15(13)9-18-11-5-4-10-2-1-3-14(17)12(10)8-11/h4-8,14H,1-3,9,17H2. The van der Waals surface area contributed by atoms with Crippen molar-refractivity contribution in [2.75, 3.05) is 0 Å². The molecule has 2 aromatic rings. The quantitative estimate of drug-likeness (QED) is 0.899. The lowest BCUT2D eigenvalue weighted by Gasteiger charge is -2.22. The number of hydrogen-bond acceptors (Lipinski definition) is 3. The summed E-state index contributed by atoms with van der Waals surface area (Å²) in [6.07, 6.45) is 3.41. The van der Waals surface area contributed by atoms with E-state index in [1.54, 1.807) is 11.3 Å². The Balaban J connectivity index is 1.75. The van der Waals surface area contributed by atoms with Gasteiger partial charge in [0.1, 0.15) is 12.4 Å². The highest BCUT2D eigenvalue weighted by Crippen LogP contribution is 2.31. The van der Waals surface area contributed by atoms with Crippen molar-refractivity contribution in [1.82, 2.24) is 0 Å². The monoisotopic (exact) mass is 337 g/mol. The van der Waals surface area contributed by atoms with Gasteiger partial charge in [0, 0.05) is 10.5 Å². The van der Waals surface area contributed by atoms with Crippen molar-refractivity contribution >= 4 is 27.3 Å². The van der Waals surface area contributed by atoms with Crippen molar-refractivity contribution in [3.05, 3.63) is 50.1 Å². The summed E-state index contributed by atoms with van der Waals surface area (Å²) in [6.45, 7) is 0.603. The first-order valence-electron chi connectivity index (χ1n) is 6.47. The van der Waals surface area contributed by atoms with Gasteiger partial charge in [-0.2, -0.15) is 0 Å². The minimum Gasteiger partial charge on any atom is -0.488 e. The van der Waals surface area contributed by atoms with Crippen LogP contribution in [0.25, 0.3) is 0 Å². The zero-order valence-electron chi connectivity index (χ0n) is 10.6. The molecule has 0 fully saturated rings. The Morgan fingerprint density at radius 1 is 1.37 bits per heavy atom. The van der Waals surface area contributed by atoms with E-state index in [1.807, 2.05) is 6.07 Å². The summed E-state index contributed by atoms with van der Waals surface area (Å²) in [6, 6.07) is 8.54. The third-order valence-electron chi connectivity index (χ3n) is 3.54. The number of benzene rings is 1. The molecule has 1 aliphatic carbocycles. The third kappa shape index (κ3) is 2.86. The highest BCUT2D eigenvalue weighted by Gasteiger charge is 2.17. The second-order valence-electron chi connectivity index (χ2n) is 4.84. The summed E-state index contributed by atoms with van der Waals surface area (Å²) < 4.78 is 6.99. The molecule has 1 atom stereocenters. The van der Waals surface area contributed by atoms with Crippen LogP contribution in [0.3, 0.4) is 0 Å². The topological polar surface area (TPSA) is 35.2 Å². The molecule has 0 spiro atoms. The van der Waals surface area contributed by atoms with Crippen LogP contribution >= 0.6 is 27.3 Å². The molecule has 1 heterocycles. The minimum absolute atomic E-state index is 0.167. The molecule has 0 bridgehead atoms. The normalized spacial score (nSPS) is 18.1. The molecule has 4 heteroatoms. The van der Waals surface area contributed by atoms with E-state index in [-0.39, 0.29) is 6.04 Å². The summed E-state index contributed by atoms with van der Waals surface area (Å²) in [7, 11) is 0. The van der Waals surface area contributed by atoms with Crippen molar-refractivity contribution < 1.29 is 4.74 Å². The predicted octanol–water partition coefficient (Wildman–Crippen LogP) is 4.43. The zero-order chi connectivity index (χ0) is 13.2. The first-order chi connectivity index (χ1) is 9.24. The molecule has 0 aliphatic heterocycles. The van der Waals surface area contributed by atoms with Crippen LogP contribution in [0.1, 0.15) is 34.9 Å². The van der Waals surface area contributed by atoms with Crippen molar-refractivity contribution in [3.63, 3.8) is 0 Å². The third-order valence-corrected chi connectivity index (χ3v) is 5.44. The van der Waals surface area contributed by atoms with Crippen LogP contribution < -0.4 is 10.5 Å². The Hall–Kier alpha value is -0.840. The van der Waals surface area contributed by atoms with Gasteiger partial charge in [0.05, 0.1) is 4.88 Å². The highest BCUT2D eigenvalue weighted by atomic mass is 79.9. The van der Waals surface area contributed by atoms with Gasteiger partial charge in [-0.3, -0.25) is 0 Å². The van der Waals surface area contributed by atoms with Gasteiger partial charge in [0.25, 0.3) is 0 Å². The number of halogens is 1. The second-order valence-corrected chi connectivity index (χ2v) is 6.69. The first-order valence-corrected chi connectivity index (χ1v) is 8.14. The van der Waals surface area contributed by atoms with Crippen LogP contribution in [-0.4, -0.2) is 0 Å². The van der Waals surface area contributed by atoms with Gasteiger partial charge >= 0.3 is 0 Å². The van der Waals surface area contributed by atoms with Crippen LogP contribution in [0.5, 0.6) is 5.75 Å². The molecule has 1 aliphatic rings. The Kier molecular flexibility index (Phi) is 3.91. The van der Waals surface area contributed by atoms with Crippen LogP contribution in [0.15, 0.2) is 34.1 Å². The fourth-order valence-corrected chi connectivity index (χ4v) is 3.86. The summed E-state index contributed by atoms with van der Waals surface area (Å²) in [4.78, 5) is 1.21. The fourth-order valence-electron chi connectivity index (χ4n) is 2.48. The molecule has 1 aromatic carbocycles. The largest absolute Gasteiger partial charge is 0.488 e. The fraction of sp³-hybridized carbons (Fsp3) is 0.333. The molecule has 2 N–H and O–H groups in total. The van der Waals surface area contributed by atoms with Gasteiger partial charge in [-0.25, -0.2) is 0 Å². The summed E-state index contributed by atoms with van der Waals surface area (Å²) in [5.41, 5.74) is 8.81. The SMILES string of the molecule is NC1CCCc2ccc(OCc3sccc3Br)cc21. The molecular formula is C15H16BrNOS. The van der Waals surface area contributed by atoms with Gasteiger partial charge in [-0.05, 0) is 69.9 Å². The van der Waals surface area contributed by atoms with Crippen molar-refractivity contribution in [3.8, 4) is 5.75 Å². The highest BCUT2D eigenvalue weighted by molar-refractivity contribution is 9.10. The van der Waals surface area contributed by atoms with Gasteiger partial charge in [-0.1, -0.05) is 6.07 Å². The van der Waals surface area contributed by atoms with E-state index >= 15 is 0 Å². The second kappa shape index (κ2) is 5.65. The molecule has 1 aromatic heterocycles. The molecule has 19 heavy (non-hydrogen) atoms. The van der Waals surface area contributed by atoms with Gasteiger partial charge < -0.3 is 10.5 Å². The van der Waals surface area contributed by atoms with Gasteiger partial charge in [0.15, 0.2) is 0 Å². The van der Waals surface area contributed by atoms with E-state index in [2.05, 4.69) is 39.5 Å². The van der Waals surface area contributed by atoms with Crippen LogP contribution in [0.4, 0.5) is 0 Å². The average Bonchev–Trinajstić information content (AvgIpc) is 2.83. The molecule has 0 radical (unpaired) electrons. The maximum Gasteiger partial charge on any atom is 0.124 e. The number of aryl methyl sites for hydroxylation is 1. The molecule has 0 saturated heterocycles. The maximum absolute atomic E-state index is 6.17. The number of fused-ring (bicyclic) bond motifs is 1. The molecule has 100 valence electrons. The van der Waals surface area contributed by atoms with E-state index in [0.29, 0.717) is 6.61 Å². The summed E-state index contributed by atoms with van der Waals surface area (Å²) in [5.74, 6) is 0.913. The molecule has 0 saturated carbocycles. The van der Waals surface area contributed by atoms with Crippen LogP contribution in [0.2, 0.25) is 0 Å². The van der Waals surface area contributed by atoms with Gasteiger partial charge in [0.2, 0.25) is 0 Å². The number of hydrogen-bond donors (Lipinski definition) is 1. The molecule has 0 amide bonds. The van der Waals surface area contributed by atoms with Crippen molar-refractivity contribution in [1.29, 1.82) is 0 Å². The average molecular weight is 338 g/mol. The van der Waals surface area contributed by atoms with E-state index in [4.69, 9.17) is 10.5 Å². The van der Waals surface area contributed by atoms with Crippen molar-refractivity contribution in [2.24, 2.45) is 5.73 Å². The molecule has 1 unspecified atom stereocenters. The van der Waals surface area contributed by atoms with E-state index in [0.717, 1.165) is 23.1 Å². The van der Waals surface area contributed by atoms with E-state index in [1.165, 1.54) is 22.4 Å². The van der Waals surface area contributed by atoms with Crippen LogP contribution in [-0.2, 0) is 13.0 Å². The van der Waals surface area contributed by atoms with Crippen LogP contribution in [0, 0.1) is 0 Å². The Bertz CT molecular complexity index is 581. The van der Waals surface area contributed by atoms with E-state index < -0.39 is 0 Å². The molecular weight excluding hydrogens is 322 g/mol. The van der Waals surface area contributed by atoms with Gasteiger partial charge in [-0.15, -0.1) is 11.3 Å². The lowest BCUT2D eigenvalue weighted by Crippen LogP contribution is -2.17. The molecule has 3 rings (SSSR count). The number of nitrogens with two attached hydrogens (primary N) is 1. The number of ether oxygens (including phenoxy) is 1. The number of rotatable bonds is 3. The first kappa shape index (κ1) is 13.2. The Labute approximate surface area is 125 Å². The summed E-state index contributed by atoms with van der Waals surface area (Å²) >= 11 is 5.22. The zero-order valence-corrected chi connectivity index (χ0v) is 13.0. The minimum atomic E-state index is 0.167. The maximum atomic E-state index is 6.17.